The number of nitrogens with two attached hydrogens (primary N) is 1. The SMILES string of the molecule is CC1CC(C)CC(OCCOc2ccc(CN)cc2)C1. The van der Waals surface area contributed by atoms with E-state index in [0.29, 0.717) is 25.9 Å². The molecule has 20 heavy (non-hydrogen) atoms. The Labute approximate surface area is 122 Å². The molecule has 2 atom stereocenters. The fourth-order valence-corrected chi connectivity index (χ4v) is 3.11. The summed E-state index contributed by atoms with van der Waals surface area (Å²) in [6, 6.07) is 7.93. The molecule has 0 aromatic heterocycles. The second-order valence-electron chi connectivity index (χ2n) is 6.11. The molecule has 0 heterocycles. The molecule has 0 radical (unpaired) electrons. The van der Waals surface area contributed by atoms with Gasteiger partial charge in [-0.3, -0.25) is 0 Å². The third-order valence-electron chi connectivity index (χ3n) is 4.00. The van der Waals surface area contributed by atoms with Crippen LogP contribution in [0.1, 0.15) is 38.7 Å². The van der Waals surface area contributed by atoms with Crippen molar-refractivity contribution in [2.24, 2.45) is 17.6 Å². The van der Waals surface area contributed by atoms with Crippen molar-refractivity contribution in [2.75, 3.05) is 13.2 Å². The van der Waals surface area contributed by atoms with Gasteiger partial charge in [0.1, 0.15) is 12.4 Å². The van der Waals surface area contributed by atoms with Crippen LogP contribution in [0.15, 0.2) is 24.3 Å². The first-order valence-electron chi connectivity index (χ1n) is 7.70. The average Bonchev–Trinajstić information content (AvgIpc) is 2.43. The van der Waals surface area contributed by atoms with Gasteiger partial charge in [-0.05, 0) is 48.8 Å². The van der Waals surface area contributed by atoms with Crippen molar-refractivity contribution in [3.05, 3.63) is 29.8 Å². The number of hydrogen-bond acceptors (Lipinski definition) is 3. The highest BCUT2D eigenvalue weighted by Gasteiger charge is 2.24. The Morgan fingerprint density at radius 3 is 2.25 bits per heavy atom. The van der Waals surface area contributed by atoms with Crippen molar-refractivity contribution in [1.29, 1.82) is 0 Å². The largest absolute Gasteiger partial charge is 0.491 e. The molecule has 1 aromatic carbocycles. The third-order valence-corrected chi connectivity index (χ3v) is 4.00. The maximum atomic E-state index is 5.95. The summed E-state index contributed by atoms with van der Waals surface area (Å²) in [5, 5.41) is 0. The second kappa shape index (κ2) is 7.65. The summed E-state index contributed by atoms with van der Waals surface area (Å²) < 4.78 is 11.6. The summed E-state index contributed by atoms with van der Waals surface area (Å²) in [7, 11) is 0. The van der Waals surface area contributed by atoms with E-state index in [1.165, 1.54) is 19.3 Å². The van der Waals surface area contributed by atoms with Crippen LogP contribution in [0.3, 0.4) is 0 Å². The standard InChI is InChI=1S/C17H27NO2/c1-13-9-14(2)11-17(10-13)20-8-7-19-16-5-3-15(12-18)4-6-16/h3-6,13-14,17H,7-12,18H2,1-2H3. The molecule has 2 N–H and O–H groups in total. The van der Waals surface area contributed by atoms with Crippen LogP contribution < -0.4 is 10.5 Å². The first-order valence-corrected chi connectivity index (χ1v) is 7.70. The molecule has 0 bridgehead atoms. The van der Waals surface area contributed by atoms with E-state index in [1.807, 2.05) is 24.3 Å². The maximum Gasteiger partial charge on any atom is 0.119 e. The van der Waals surface area contributed by atoms with Gasteiger partial charge >= 0.3 is 0 Å². The molecule has 1 aliphatic carbocycles. The Kier molecular flexibility index (Phi) is 5.86. The number of hydrogen-bond donors (Lipinski definition) is 1. The van der Waals surface area contributed by atoms with Crippen molar-refractivity contribution in [2.45, 2.75) is 45.8 Å². The first kappa shape index (κ1) is 15.3. The minimum Gasteiger partial charge on any atom is -0.491 e. The molecule has 1 saturated carbocycles. The lowest BCUT2D eigenvalue weighted by atomic mass is 9.82. The van der Waals surface area contributed by atoms with E-state index in [2.05, 4.69) is 13.8 Å². The monoisotopic (exact) mass is 277 g/mol. The molecular weight excluding hydrogens is 250 g/mol. The highest BCUT2D eigenvalue weighted by Crippen LogP contribution is 2.30. The van der Waals surface area contributed by atoms with Gasteiger partial charge in [0.15, 0.2) is 0 Å². The van der Waals surface area contributed by atoms with Crippen molar-refractivity contribution < 1.29 is 9.47 Å². The predicted octanol–water partition coefficient (Wildman–Crippen LogP) is 3.37. The van der Waals surface area contributed by atoms with E-state index in [-0.39, 0.29) is 0 Å². The Hall–Kier alpha value is -1.06. The average molecular weight is 277 g/mol. The summed E-state index contributed by atoms with van der Waals surface area (Å²) in [6.45, 7) is 6.49. The molecule has 1 aliphatic rings. The lowest BCUT2D eigenvalue weighted by molar-refractivity contribution is -0.0107. The Morgan fingerprint density at radius 2 is 1.65 bits per heavy atom. The molecule has 112 valence electrons. The van der Waals surface area contributed by atoms with Gasteiger partial charge in [0, 0.05) is 6.54 Å². The van der Waals surface area contributed by atoms with Crippen molar-refractivity contribution in [3.63, 3.8) is 0 Å². The van der Waals surface area contributed by atoms with Crippen LogP contribution in [-0.4, -0.2) is 19.3 Å². The summed E-state index contributed by atoms with van der Waals surface area (Å²) >= 11 is 0. The second-order valence-corrected chi connectivity index (χ2v) is 6.11. The number of ether oxygens (including phenoxy) is 2. The van der Waals surface area contributed by atoms with E-state index < -0.39 is 0 Å². The van der Waals surface area contributed by atoms with Crippen molar-refractivity contribution in [1.82, 2.24) is 0 Å². The van der Waals surface area contributed by atoms with Crippen molar-refractivity contribution >= 4 is 0 Å². The van der Waals surface area contributed by atoms with Crippen LogP contribution >= 0.6 is 0 Å². The quantitative estimate of drug-likeness (QED) is 0.811. The van der Waals surface area contributed by atoms with Crippen LogP contribution in [0, 0.1) is 11.8 Å². The smallest absolute Gasteiger partial charge is 0.119 e. The van der Waals surface area contributed by atoms with Gasteiger partial charge in [-0.25, -0.2) is 0 Å². The Balaban J connectivity index is 1.65. The third kappa shape index (κ3) is 4.80. The topological polar surface area (TPSA) is 44.5 Å². The Morgan fingerprint density at radius 1 is 1.00 bits per heavy atom. The molecular formula is C17H27NO2. The van der Waals surface area contributed by atoms with E-state index in [4.69, 9.17) is 15.2 Å². The zero-order valence-electron chi connectivity index (χ0n) is 12.7. The molecule has 0 saturated heterocycles. The summed E-state index contributed by atoms with van der Waals surface area (Å²) in [5.74, 6) is 2.46. The zero-order valence-corrected chi connectivity index (χ0v) is 12.7. The number of benzene rings is 1. The fraction of sp³-hybridized carbons (Fsp3) is 0.647. The molecule has 0 aliphatic heterocycles. The Bertz CT molecular complexity index is 380. The van der Waals surface area contributed by atoms with Crippen molar-refractivity contribution in [3.8, 4) is 5.75 Å². The minimum atomic E-state index is 0.414. The van der Waals surface area contributed by atoms with E-state index in [0.717, 1.165) is 23.1 Å². The molecule has 1 fully saturated rings. The van der Waals surface area contributed by atoms with E-state index >= 15 is 0 Å². The summed E-state index contributed by atoms with van der Waals surface area (Å²) in [5.41, 5.74) is 6.69. The summed E-state index contributed by atoms with van der Waals surface area (Å²) in [4.78, 5) is 0. The highest BCUT2D eigenvalue weighted by molar-refractivity contribution is 5.26. The lowest BCUT2D eigenvalue weighted by Crippen LogP contribution is -2.27. The molecule has 0 spiro atoms. The van der Waals surface area contributed by atoms with Crippen LogP contribution in [0.2, 0.25) is 0 Å². The molecule has 3 nitrogen and oxygen atoms in total. The van der Waals surface area contributed by atoms with Crippen LogP contribution in [0.5, 0.6) is 5.75 Å². The van der Waals surface area contributed by atoms with Gasteiger partial charge in [0.2, 0.25) is 0 Å². The molecule has 2 unspecified atom stereocenters. The fourth-order valence-electron chi connectivity index (χ4n) is 3.11. The van der Waals surface area contributed by atoms with Gasteiger partial charge in [-0.1, -0.05) is 26.0 Å². The van der Waals surface area contributed by atoms with E-state index in [1.54, 1.807) is 0 Å². The zero-order chi connectivity index (χ0) is 14.4. The normalized spacial score (nSPS) is 26.4. The molecule has 3 heteroatoms. The molecule has 2 rings (SSSR count). The van der Waals surface area contributed by atoms with Gasteiger partial charge < -0.3 is 15.2 Å². The molecule has 0 amide bonds. The van der Waals surface area contributed by atoms with E-state index in [9.17, 15) is 0 Å². The van der Waals surface area contributed by atoms with Crippen LogP contribution in [0.4, 0.5) is 0 Å². The van der Waals surface area contributed by atoms with Gasteiger partial charge in [0.25, 0.3) is 0 Å². The summed E-state index contributed by atoms with van der Waals surface area (Å²) in [6.07, 6.45) is 4.13. The number of rotatable bonds is 6. The predicted molar refractivity (Wildman–Crippen MR) is 81.7 cm³/mol. The first-order chi connectivity index (χ1) is 9.67. The van der Waals surface area contributed by atoms with Gasteiger partial charge in [-0.2, -0.15) is 0 Å². The highest BCUT2D eigenvalue weighted by atomic mass is 16.5. The molecule has 1 aromatic rings. The van der Waals surface area contributed by atoms with Gasteiger partial charge in [0.05, 0.1) is 12.7 Å². The van der Waals surface area contributed by atoms with Crippen LogP contribution in [-0.2, 0) is 11.3 Å². The maximum absolute atomic E-state index is 5.95. The van der Waals surface area contributed by atoms with Gasteiger partial charge in [-0.15, -0.1) is 0 Å². The van der Waals surface area contributed by atoms with Crippen LogP contribution in [0.25, 0.3) is 0 Å². The lowest BCUT2D eigenvalue weighted by Gasteiger charge is -2.31. The minimum absolute atomic E-state index is 0.414.